The average Bonchev–Trinajstić information content (AvgIpc) is 3.11. The second-order valence-corrected chi connectivity index (χ2v) is 7.49. The van der Waals surface area contributed by atoms with Crippen molar-refractivity contribution in [1.82, 2.24) is 10.2 Å². The van der Waals surface area contributed by atoms with Gasteiger partial charge in [-0.15, -0.1) is 10.2 Å². The summed E-state index contributed by atoms with van der Waals surface area (Å²) in [6.45, 7) is 3.24. The van der Waals surface area contributed by atoms with Crippen molar-refractivity contribution >= 4 is 40.7 Å². The molecule has 0 radical (unpaired) electrons. The number of rotatable bonds is 6. The first kappa shape index (κ1) is 19.1. The summed E-state index contributed by atoms with van der Waals surface area (Å²) in [6.07, 6.45) is 0. The smallest absolute Gasteiger partial charge is 0.277 e. The lowest BCUT2D eigenvalue weighted by Crippen LogP contribution is -2.22. The Morgan fingerprint density at radius 1 is 1.07 bits per heavy atom. The topological polar surface area (TPSA) is 85.1 Å². The number of aromatic nitrogens is 2. The highest BCUT2D eigenvalue weighted by atomic mass is 35.5. The molecule has 0 aliphatic carbocycles. The van der Waals surface area contributed by atoms with Gasteiger partial charge in [0, 0.05) is 21.8 Å². The number of thioether (sulfide) groups is 1. The number of amides is 1. The second kappa shape index (κ2) is 8.37. The molecule has 8 heteroatoms. The van der Waals surface area contributed by atoms with Crippen LogP contribution in [0.4, 0.5) is 5.69 Å². The fourth-order valence-electron chi connectivity index (χ4n) is 2.20. The molecule has 1 atom stereocenters. The maximum Gasteiger partial charge on any atom is 0.277 e. The van der Waals surface area contributed by atoms with Crippen molar-refractivity contribution < 1.29 is 14.0 Å². The summed E-state index contributed by atoms with van der Waals surface area (Å²) in [4.78, 5) is 23.6. The van der Waals surface area contributed by atoms with Crippen LogP contribution in [-0.4, -0.2) is 27.1 Å². The third kappa shape index (κ3) is 4.96. The quantitative estimate of drug-likeness (QED) is 0.475. The van der Waals surface area contributed by atoms with E-state index in [2.05, 4.69) is 15.5 Å². The standard InChI is InChI=1S/C19H16ClN3O3S/c1-11(24)13-5-9-16(10-6-13)21-17(25)12(2)27-19-23-22-18(26-19)14-3-7-15(20)8-4-14/h3-10,12H,1-2H3,(H,21,25)/t12-/m0/s1. The van der Waals surface area contributed by atoms with Crippen molar-refractivity contribution in [3.63, 3.8) is 0 Å². The van der Waals surface area contributed by atoms with Gasteiger partial charge in [0.2, 0.25) is 11.8 Å². The molecule has 1 heterocycles. The van der Waals surface area contributed by atoms with Gasteiger partial charge in [-0.3, -0.25) is 9.59 Å². The van der Waals surface area contributed by atoms with Crippen molar-refractivity contribution in [2.75, 3.05) is 5.32 Å². The van der Waals surface area contributed by atoms with Gasteiger partial charge in [0.25, 0.3) is 5.22 Å². The Bertz CT molecular complexity index is 955. The van der Waals surface area contributed by atoms with Gasteiger partial charge in [0.1, 0.15) is 0 Å². The zero-order valence-electron chi connectivity index (χ0n) is 14.6. The third-order valence-corrected chi connectivity index (χ3v) is 4.89. The molecular formula is C19H16ClN3O3S. The molecule has 0 fully saturated rings. The van der Waals surface area contributed by atoms with Gasteiger partial charge in [-0.1, -0.05) is 23.4 Å². The van der Waals surface area contributed by atoms with Crippen LogP contribution in [0.2, 0.25) is 5.02 Å². The van der Waals surface area contributed by atoms with Crippen LogP contribution in [0.25, 0.3) is 11.5 Å². The summed E-state index contributed by atoms with van der Waals surface area (Å²) < 4.78 is 5.60. The first-order valence-corrected chi connectivity index (χ1v) is 9.36. The lowest BCUT2D eigenvalue weighted by Gasteiger charge is -2.10. The molecular weight excluding hydrogens is 386 g/mol. The number of Topliss-reactive ketones (excluding diaryl/α,β-unsaturated/α-hetero) is 1. The fraction of sp³-hybridized carbons (Fsp3) is 0.158. The Balaban J connectivity index is 1.61. The predicted octanol–water partition coefficient (Wildman–Crippen LogP) is 4.71. The van der Waals surface area contributed by atoms with E-state index in [-0.39, 0.29) is 11.7 Å². The first-order valence-electron chi connectivity index (χ1n) is 8.10. The van der Waals surface area contributed by atoms with E-state index in [1.54, 1.807) is 55.5 Å². The highest BCUT2D eigenvalue weighted by Crippen LogP contribution is 2.27. The largest absolute Gasteiger partial charge is 0.411 e. The Hall–Kier alpha value is -2.64. The number of ketones is 1. The molecule has 0 saturated carbocycles. The van der Waals surface area contributed by atoms with Crippen molar-refractivity contribution in [1.29, 1.82) is 0 Å². The maximum atomic E-state index is 12.3. The number of halogens is 1. The summed E-state index contributed by atoms with van der Waals surface area (Å²) in [6, 6.07) is 13.8. The first-order chi connectivity index (χ1) is 12.9. The van der Waals surface area contributed by atoms with Gasteiger partial charge >= 0.3 is 0 Å². The summed E-state index contributed by atoms with van der Waals surface area (Å²) >= 11 is 7.03. The molecule has 3 aromatic rings. The van der Waals surface area contributed by atoms with Crippen LogP contribution in [-0.2, 0) is 4.79 Å². The molecule has 0 aliphatic heterocycles. The lowest BCUT2D eigenvalue weighted by molar-refractivity contribution is -0.115. The van der Waals surface area contributed by atoms with Crippen molar-refractivity contribution in [2.45, 2.75) is 24.3 Å². The number of benzene rings is 2. The molecule has 0 aliphatic rings. The molecule has 3 rings (SSSR count). The normalized spacial score (nSPS) is 11.8. The highest BCUT2D eigenvalue weighted by molar-refractivity contribution is 8.00. The fourth-order valence-corrected chi connectivity index (χ4v) is 3.01. The number of anilines is 1. The zero-order valence-corrected chi connectivity index (χ0v) is 16.2. The van der Waals surface area contributed by atoms with E-state index in [9.17, 15) is 9.59 Å². The summed E-state index contributed by atoms with van der Waals surface area (Å²) in [5, 5.41) is 11.2. The summed E-state index contributed by atoms with van der Waals surface area (Å²) in [5.41, 5.74) is 1.96. The van der Waals surface area contributed by atoms with Crippen LogP contribution < -0.4 is 5.32 Å². The van der Waals surface area contributed by atoms with Crippen LogP contribution in [0.1, 0.15) is 24.2 Å². The molecule has 1 N–H and O–H groups in total. The molecule has 0 bridgehead atoms. The number of hydrogen-bond acceptors (Lipinski definition) is 6. The monoisotopic (exact) mass is 401 g/mol. The van der Waals surface area contributed by atoms with Gasteiger partial charge in [-0.25, -0.2) is 0 Å². The van der Waals surface area contributed by atoms with Crippen molar-refractivity contribution in [3.05, 3.63) is 59.1 Å². The maximum absolute atomic E-state index is 12.3. The minimum atomic E-state index is -0.448. The van der Waals surface area contributed by atoms with E-state index in [1.807, 2.05) is 0 Å². The summed E-state index contributed by atoms with van der Waals surface area (Å²) in [7, 11) is 0. The molecule has 6 nitrogen and oxygen atoms in total. The molecule has 0 spiro atoms. The molecule has 27 heavy (non-hydrogen) atoms. The van der Waals surface area contributed by atoms with E-state index in [0.29, 0.717) is 27.4 Å². The van der Waals surface area contributed by atoms with Crippen LogP contribution in [0, 0.1) is 0 Å². The minimum absolute atomic E-state index is 0.0234. The van der Waals surface area contributed by atoms with Gasteiger partial charge in [0.15, 0.2) is 5.78 Å². The minimum Gasteiger partial charge on any atom is -0.411 e. The Labute approximate surface area is 165 Å². The second-order valence-electron chi connectivity index (χ2n) is 5.76. The molecule has 138 valence electrons. The highest BCUT2D eigenvalue weighted by Gasteiger charge is 2.19. The Morgan fingerprint density at radius 2 is 1.74 bits per heavy atom. The number of nitrogens with one attached hydrogen (secondary N) is 1. The van der Waals surface area contributed by atoms with E-state index in [0.717, 1.165) is 5.56 Å². The molecule has 0 saturated heterocycles. The third-order valence-electron chi connectivity index (χ3n) is 3.70. The SMILES string of the molecule is CC(=O)c1ccc(NC(=O)[C@H](C)Sc2nnc(-c3ccc(Cl)cc3)o2)cc1. The lowest BCUT2D eigenvalue weighted by atomic mass is 10.1. The van der Waals surface area contributed by atoms with E-state index in [1.165, 1.54) is 18.7 Å². The number of carbonyl (C=O) groups excluding carboxylic acids is 2. The van der Waals surface area contributed by atoms with Crippen LogP contribution >= 0.6 is 23.4 Å². The van der Waals surface area contributed by atoms with Gasteiger partial charge in [0.05, 0.1) is 5.25 Å². The molecule has 1 amide bonds. The number of hydrogen-bond donors (Lipinski definition) is 1. The van der Waals surface area contributed by atoms with Gasteiger partial charge in [-0.2, -0.15) is 0 Å². The van der Waals surface area contributed by atoms with Crippen LogP contribution in [0.5, 0.6) is 0 Å². The molecule has 1 aromatic heterocycles. The predicted molar refractivity (Wildman–Crippen MR) is 105 cm³/mol. The Kier molecular flexibility index (Phi) is 5.93. The van der Waals surface area contributed by atoms with Crippen LogP contribution in [0.15, 0.2) is 58.2 Å². The molecule has 2 aromatic carbocycles. The van der Waals surface area contributed by atoms with Gasteiger partial charge in [-0.05, 0) is 62.4 Å². The number of nitrogens with zero attached hydrogens (tertiary/aromatic N) is 2. The van der Waals surface area contributed by atoms with Crippen LogP contribution in [0.3, 0.4) is 0 Å². The van der Waals surface area contributed by atoms with Crippen molar-refractivity contribution in [2.24, 2.45) is 0 Å². The number of carbonyl (C=O) groups is 2. The van der Waals surface area contributed by atoms with Crippen molar-refractivity contribution in [3.8, 4) is 11.5 Å². The molecule has 0 unspecified atom stereocenters. The van der Waals surface area contributed by atoms with E-state index < -0.39 is 5.25 Å². The van der Waals surface area contributed by atoms with E-state index >= 15 is 0 Å². The zero-order chi connectivity index (χ0) is 19.4. The Morgan fingerprint density at radius 3 is 2.37 bits per heavy atom. The van der Waals surface area contributed by atoms with Gasteiger partial charge < -0.3 is 9.73 Å². The average molecular weight is 402 g/mol. The van der Waals surface area contributed by atoms with E-state index in [4.69, 9.17) is 16.0 Å². The summed E-state index contributed by atoms with van der Waals surface area (Å²) in [5.74, 6) is 0.132.